The monoisotopic (exact) mass is 204 g/mol. The molecule has 0 atom stereocenters. The smallest absolute Gasteiger partial charge is 0.315 e. The van der Waals surface area contributed by atoms with Gasteiger partial charge in [0.15, 0.2) is 0 Å². The number of hydrogen-bond acceptors (Lipinski definition) is 5. The van der Waals surface area contributed by atoms with Crippen molar-refractivity contribution in [2.75, 3.05) is 17.6 Å². The Labute approximate surface area is 87.3 Å². The summed E-state index contributed by atoms with van der Waals surface area (Å²) in [5.41, 5.74) is 7.17. The highest BCUT2D eigenvalue weighted by atomic mass is 16.4. The lowest BCUT2D eigenvalue weighted by molar-refractivity contribution is 0.583. The summed E-state index contributed by atoms with van der Waals surface area (Å²) >= 11 is 0. The molecule has 78 valence electrons. The molecule has 2 rings (SSSR count). The molecule has 5 heteroatoms. The second-order valence-corrected chi connectivity index (χ2v) is 3.03. The number of benzene rings is 1. The molecule has 15 heavy (non-hydrogen) atoms. The third-order valence-electron chi connectivity index (χ3n) is 1.94. The summed E-state index contributed by atoms with van der Waals surface area (Å²) in [6, 6.07) is 7.80. The van der Waals surface area contributed by atoms with E-state index >= 15 is 0 Å². The van der Waals surface area contributed by atoms with Crippen LogP contribution >= 0.6 is 0 Å². The van der Waals surface area contributed by atoms with Crippen LogP contribution in [0, 0.1) is 0 Å². The molecule has 0 fully saturated rings. The minimum Gasteiger partial charge on any atom is -0.403 e. The van der Waals surface area contributed by atoms with E-state index in [4.69, 9.17) is 10.2 Å². The highest BCUT2D eigenvalue weighted by Gasteiger charge is 2.09. The molecule has 1 heterocycles. The summed E-state index contributed by atoms with van der Waals surface area (Å²) in [4.78, 5) is 0. The Kier molecular flexibility index (Phi) is 2.53. The Balaban J connectivity index is 2.33. The molecule has 0 aliphatic rings. The molecule has 0 amide bonds. The van der Waals surface area contributed by atoms with Crippen molar-refractivity contribution in [2.45, 2.75) is 6.92 Å². The van der Waals surface area contributed by atoms with E-state index < -0.39 is 0 Å². The SMILES string of the molecule is CCNc1nnc(-c2ccccc2N)o1. The molecule has 0 saturated carbocycles. The number of rotatable bonds is 3. The number of anilines is 2. The first-order chi connectivity index (χ1) is 7.31. The van der Waals surface area contributed by atoms with Crippen LogP contribution in [-0.2, 0) is 0 Å². The summed E-state index contributed by atoms with van der Waals surface area (Å²) in [6.45, 7) is 2.70. The number of hydrogen-bond donors (Lipinski definition) is 2. The molecule has 2 aromatic rings. The van der Waals surface area contributed by atoms with Crippen LogP contribution in [-0.4, -0.2) is 16.7 Å². The molecule has 3 N–H and O–H groups in total. The molecule has 5 nitrogen and oxygen atoms in total. The first kappa shape index (κ1) is 9.51. The van der Waals surface area contributed by atoms with Gasteiger partial charge in [-0.1, -0.05) is 17.2 Å². The van der Waals surface area contributed by atoms with Gasteiger partial charge < -0.3 is 15.5 Å². The molecule has 0 unspecified atom stereocenters. The zero-order valence-corrected chi connectivity index (χ0v) is 8.40. The molecular formula is C10H12N4O. The predicted molar refractivity (Wildman–Crippen MR) is 58.3 cm³/mol. The minimum absolute atomic E-state index is 0.413. The molecule has 1 aromatic heterocycles. The predicted octanol–water partition coefficient (Wildman–Crippen LogP) is 1.75. The molecular weight excluding hydrogens is 192 g/mol. The molecule has 0 bridgehead atoms. The Morgan fingerprint density at radius 2 is 2.13 bits per heavy atom. The lowest BCUT2D eigenvalue weighted by atomic mass is 10.2. The summed E-state index contributed by atoms with van der Waals surface area (Å²) in [5.74, 6) is 0.434. The van der Waals surface area contributed by atoms with Crippen molar-refractivity contribution in [1.82, 2.24) is 10.2 Å². The first-order valence-corrected chi connectivity index (χ1v) is 4.73. The van der Waals surface area contributed by atoms with E-state index in [0.717, 1.165) is 12.1 Å². The van der Waals surface area contributed by atoms with Gasteiger partial charge in [0.2, 0.25) is 0 Å². The van der Waals surface area contributed by atoms with Crippen LogP contribution in [0.15, 0.2) is 28.7 Å². The van der Waals surface area contributed by atoms with Crippen molar-refractivity contribution in [1.29, 1.82) is 0 Å². The third kappa shape index (κ3) is 1.90. The highest BCUT2D eigenvalue weighted by molar-refractivity contribution is 5.70. The lowest BCUT2D eigenvalue weighted by Gasteiger charge is -1.98. The Morgan fingerprint density at radius 3 is 2.87 bits per heavy atom. The van der Waals surface area contributed by atoms with Crippen LogP contribution in [0.25, 0.3) is 11.5 Å². The fourth-order valence-corrected chi connectivity index (χ4v) is 1.25. The number of para-hydroxylation sites is 1. The summed E-state index contributed by atoms with van der Waals surface area (Å²) < 4.78 is 5.38. The van der Waals surface area contributed by atoms with Gasteiger partial charge in [-0.25, -0.2) is 0 Å². The van der Waals surface area contributed by atoms with Crippen LogP contribution in [0.3, 0.4) is 0 Å². The van der Waals surface area contributed by atoms with Crippen LogP contribution < -0.4 is 11.1 Å². The average Bonchev–Trinajstić information content (AvgIpc) is 2.68. The van der Waals surface area contributed by atoms with Crippen LogP contribution in [0.5, 0.6) is 0 Å². The zero-order chi connectivity index (χ0) is 10.7. The molecule has 0 aliphatic heterocycles. The van der Waals surface area contributed by atoms with Gasteiger partial charge in [0.1, 0.15) is 0 Å². The van der Waals surface area contributed by atoms with Crippen molar-refractivity contribution in [3.8, 4) is 11.5 Å². The maximum Gasteiger partial charge on any atom is 0.315 e. The number of nitrogen functional groups attached to an aromatic ring is 1. The lowest BCUT2D eigenvalue weighted by Crippen LogP contribution is -1.95. The molecule has 1 aromatic carbocycles. The van der Waals surface area contributed by atoms with Gasteiger partial charge in [-0.15, -0.1) is 5.10 Å². The Hall–Kier alpha value is -2.04. The number of nitrogens with two attached hydrogens (primary N) is 1. The fourth-order valence-electron chi connectivity index (χ4n) is 1.25. The van der Waals surface area contributed by atoms with Crippen LogP contribution in [0.4, 0.5) is 11.7 Å². The number of nitrogens with one attached hydrogen (secondary N) is 1. The second kappa shape index (κ2) is 4.00. The standard InChI is InChI=1S/C10H12N4O/c1-2-12-10-14-13-9(15-10)7-5-3-4-6-8(7)11/h3-6H,2,11H2,1H3,(H,12,14). The van der Waals surface area contributed by atoms with Gasteiger partial charge in [0.25, 0.3) is 5.89 Å². The number of nitrogens with zero attached hydrogens (tertiary/aromatic N) is 2. The maximum atomic E-state index is 5.79. The molecule has 0 radical (unpaired) electrons. The number of aromatic nitrogens is 2. The average molecular weight is 204 g/mol. The first-order valence-electron chi connectivity index (χ1n) is 4.73. The maximum absolute atomic E-state index is 5.79. The Morgan fingerprint density at radius 1 is 1.33 bits per heavy atom. The largest absolute Gasteiger partial charge is 0.403 e. The normalized spacial score (nSPS) is 10.2. The van der Waals surface area contributed by atoms with Crippen molar-refractivity contribution in [3.05, 3.63) is 24.3 Å². The van der Waals surface area contributed by atoms with Crippen molar-refractivity contribution >= 4 is 11.7 Å². The summed E-state index contributed by atoms with van der Waals surface area (Å²) in [6.07, 6.45) is 0. The van der Waals surface area contributed by atoms with Gasteiger partial charge >= 0.3 is 6.01 Å². The quantitative estimate of drug-likeness (QED) is 0.745. The van der Waals surface area contributed by atoms with Crippen LogP contribution in [0.1, 0.15) is 6.92 Å². The van der Waals surface area contributed by atoms with E-state index in [9.17, 15) is 0 Å². The molecule has 0 saturated heterocycles. The molecule has 0 spiro atoms. The van der Waals surface area contributed by atoms with E-state index in [-0.39, 0.29) is 0 Å². The fraction of sp³-hybridized carbons (Fsp3) is 0.200. The zero-order valence-electron chi connectivity index (χ0n) is 8.40. The van der Waals surface area contributed by atoms with Gasteiger partial charge in [0.05, 0.1) is 5.56 Å². The van der Waals surface area contributed by atoms with Crippen molar-refractivity contribution in [2.24, 2.45) is 0 Å². The van der Waals surface area contributed by atoms with E-state index in [2.05, 4.69) is 15.5 Å². The van der Waals surface area contributed by atoms with E-state index in [0.29, 0.717) is 17.6 Å². The second-order valence-electron chi connectivity index (χ2n) is 3.03. The molecule has 0 aliphatic carbocycles. The van der Waals surface area contributed by atoms with Crippen molar-refractivity contribution in [3.63, 3.8) is 0 Å². The van der Waals surface area contributed by atoms with Gasteiger partial charge in [0, 0.05) is 12.2 Å². The van der Waals surface area contributed by atoms with Crippen LogP contribution in [0.2, 0.25) is 0 Å². The third-order valence-corrected chi connectivity index (χ3v) is 1.94. The summed E-state index contributed by atoms with van der Waals surface area (Å²) in [5, 5.41) is 10.7. The topological polar surface area (TPSA) is 77.0 Å². The Bertz CT molecular complexity index is 452. The van der Waals surface area contributed by atoms with Gasteiger partial charge in [-0.3, -0.25) is 0 Å². The van der Waals surface area contributed by atoms with Crippen molar-refractivity contribution < 1.29 is 4.42 Å². The van der Waals surface area contributed by atoms with Gasteiger partial charge in [-0.2, -0.15) is 0 Å². The minimum atomic E-state index is 0.413. The van der Waals surface area contributed by atoms with E-state index in [1.165, 1.54) is 0 Å². The van der Waals surface area contributed by atoms with E-state index in [1.54, 1.807) is 6.07 Å². The highest BCUT2D eigenvalue weighted by Crippen LogP contribution is 2.24. The summed E-state index contributed by atoms with van der Waals surface area (Å²) in [7, 11) is 0. The van der Waals surface area contributed by atoms with Gasteiger partial charge in [-0.05, 0) is 19.1 Å². The van der Waals surface area contributed by atoms with E-state index in [1.807, 2.05) is 25.1 Å².